The van der Waals surface area contributed by atoms with Gasteiger partial charge in [0.05, 0.1) is 18.0 Å². The number of hydrogen-bond donors (Lipinski definition) is 0. The van der Waals surface area contributed by atoms with Gasteiger partial charge in [0, 0.05) is 6.04 Å². The van der Waals surface area contributed by atoms with E-state index in [-0.39, 0.29) is 0 Å². The number of benzene rings is 1. The number of ether oxygens (including phenoxy) is 1. The van der Waals surface area contributed by atoms with E-state index in [0.717, 1.165) is 28.5 Å². The number of fused-ring (bicyclic) bond motifs is 1. The Morgan fingerprint density at radius 3 is 2.71 bits per heavy atom. The number of nitrogens with zero attached hydrogens (tertiary/aromatic N) is 2. The van der Waals surface area contributed by atoms with Crippen LogP contribution in [0.15, 0.2) is 18.2 Å². The van der Waals surface area contributed by atoms with Crippen LogP contribution >= 0.6 is 11.6 Å². The average molecular weight is 307 g/mol. The molecule has 1 saturated carbocycles. The maximum atomic E-state index is 6.16. The van der Waals surface area contributed by atoms with Crippen molar-refractivity contribution < 1.29 is 4.74 Å². The normalized spacial score (nSPS) is 22.6. The minimum atomic E-state index is 0.451. The summed E-state index contributed by atoms with van der Waals surface area (Å²) >= 11 is 6.16. The van der Waals surface area contributed by atoms with Crippen LogP contribution < -0.4 is 4.74 Å². The first-order valence-corrected chi connectivity index (χ1v) is 8.46. The summed E-state index contributed by atoms with van der Waals surface area (Å²) in [4.78, 5) is 4.75. The Kier molecular flexibility index (Phi) is 4.39. The molecule has 1 fully saturated rings. The summed E-state index contributed by atoms with van der Waals surface area (Å²) in [5.41, 5.74) is 2.12. The van der Waals surface area contributed by atoms with E-state index in [4.69, 9.17) is 21.3 Å². The number of hydrogen-bond acceptors (Lipinski definition) is 2. The standard InChI is InChI=1S/C17H23ClN2O/c1-3-21-15-6-4-5-14-17(15)19-16(11-18)20(14)13-9-7-12(2)8-10-13/h4-6,12-13H,3,7-11H2,1-2H3. The largest absolute Gasteiger partial charge is 0.492 e. The Bertz CT molecular complexity index is 615. The van der Waals surface area contributed by atoms with E-state index in [0.29, 0.717) is 18.5 Å². The van der Waals surface area contributed by atoms with Crippen LogP contribution in [0.4, 0.5) is 0 Å². The van der Waals surface area contributed by atoms with Crippen molar-refractivity contribution in [3.8, 4) is 5.75 Å². The molecule has 1 aromatic carbocycles. The number of para-hydroxylation sites is 1. The molecule has 114 valence electrons. The van der Waals surface area contributed by atoms with Crippen molar-refractivity contribution in [3.05, 3.63) is 24.0 Å². The Morgan fingerprint density at radius 1 is 1.29 bits per heavy atom. The summed E-state index contributed by atoms with van der Waals surface area (Å²) < 4.78 is 8.08. The molecule has 21 heavy (non-hydrogen) atoms. The van der Waals surface area contributed by atoms with E-state index in [1.54, 1.807) is 0 Å². The van der Waals surface area contributed by atoms with Crippen LogP contribution in [0.2, 0.25) is 0 Å². The average Bonchev–Trinajstić information content (AvgIpc) is 2.88. The summed E-state index contributed by atoms with van der Waals surface area (Å²) in [5, 5.41) is 0. The molecule has 0 aliphatic heterocycles. The van der Waals surface area contributed by atoms with Crippen LogP contribution in [0.1, 0.15) is 51.4 Å². The lowest BCUT2D eigenvalue weighted by Gasteiger charge is -2.28. The molecule has 0 spiro atoms. The molecule has 2 aromatic rings. The third-order valence-electron chi connectivity index (χ3n) is 4.53. The molecule has 0 bridgehead atoms. The van der Waals surface area contributed by atoms with Gasteiger partial charge in [0.15, 0.2) is 0 Å². The maximum absolute atomic E-state index is 6.16. The Morgan fingerprint density at radius 2 is 2.05 bits per heavy atom. The molecule has 1 aliphatic rings. The third-order valence-corrected chi connectivity index (χ3v) is 4.77. The van der Waals surface area contributed by atoms with E-state index in [1.807, 2.05) is 13.0 Å². The van der Waals surface area contributed by atoms with Gasteiger partial charge in [0.25, 0.3) is 0 Å². The SMILES string of the molecule is CCOc1cccc2c1nc(CCl)n2C1CCC(C)CC1. The molecular weight excluding hydrogens is 284 g/mol. The highest BCUT2D eigenvalue weighted by atomic mass is 35.5. The molecule has 0 N–H and O–H groups in total. The summed E-state index contributed by atoms with van der Waals surface area (Å²) in [6.45, 7) is 5.00. The smallest absolute Gasteiger partial charge is 0.147 e. The molecule has 0 radical (unpaired) electrons. The van der Waals surface area contributed by atoms with Crippen LogP contribution in [0.3, 0.4) is 0 Å². The summed E-state index contributed by atoms with van der Waals surface area (Å²) in [5.74, 6) is 3.13. The summed E-state index contributed by atoms with van der Waals surface area (Å²) in [6, 6.07) is 6.70. The fraction of sp³-hybridized carbons (Fsp3) is 0.588. The minimum Gasteiger partial charge on any atom is -0.492 e. The van der Waals surface area contributed by atoms with Crippen LogP contribution in [-0.2, 0) is 5.88 Å². The molecule has 0 amide bonds. The first kappa shape index (κ1) is 14.7. The quantitative estimate of drug-likeness (QED) is 0.749. The van der Waals surface area contributed by atoms with Crippen molar-refractivity contribution in [1.29, 1.82) is 0 Å². The summed E-state index contributed by atoms with van der Waals surface area (Å²) in [6.07, 6.45) is 5.01. The molecule has 1 aliphatic carbocycles. The second-order valence-electron chi connectivity index (χ2n) is 6.00. The van der Waals surface area contributed by atoms with Crippen molar-refractivity contribution in [2.75, 3.05) is 6.61 Å². The molecule has 3 nitrogen and oxygen atoms in total. The molecule has 3 rings (SSSR count). The number of aromatic nitrogens is 2. The van der Waals surface area contributed by atoms with Gasteiger partial charge in [0.1, 0.15) is 17.1 Å². The second kappa shape index (κ2) is 6.27. The topological polar surface area (TPSA) is 27.1 Å². The number of rotatable bonds is 4. The molecule has 1 heterocycles. The maximum Gasteiger partial charge on any atom is 0.147 e. The van der Waals surface area contributed by atoms with E-state index < -0.39 is 0 Å². The van der Waals surface area contributed by atoms with Crippen molar-refractivity contribution in [2.24, 2.45) is 5.92 Å². The van der Waals surface area contributed by atoms with Gasteiger partial charge in [-0.25, -0.2) is 4.98 Å². The summed E-state index contributed by atoms with van der Waals surface area (Å²) in [7, 11) is 0. The van der Waals surface area contributed by atoms with Gasteiger partial charge in [-0.3, -0.25) is 0 Å². The van der Waals surface area contributed by atoms with E-state index in [9.17, 15) is 0 Å². The first-order chi connectivity index (χ1) is 10.2. The highest BCUT2D eigenvalue weighted by molar-refractivity contribution is 6.16. The minimum absolute atomic E-state index is 0.451. The lowest BCUT2D eigenvalue weighted by Crippen LogP contribution is -2.18. The van der Waals surface area contributed by atoms with Gasteiger partial charge in [-0.1, -0.05) is 13.0 Å². The zero-order valence-corrected chi connectivity index (χ0v) is 13.6. The monoisotopic (exact) mass is 306 g/mol. The fourth-order valence-corrected chi connectivity index (χ4v) is 3.60. The predicted octanol–water partition coefficient (Wildman–Crippen LogP) is 4.93. The second-order valence-corrected chi connectivity index (χ2v) is 6.27. The van der Waals surface area contributed by atoms with E-state index in [1.165, 1.54) is 25.7 Å². The van der Waals surface area contributed by atoms with Gasteiger partial charge in [-0.15, -0.1) is 11.6 Å². The lowest BCUT2D eigenvalue weighted by molar-refractivity contribution is 0.290. The number of alkyl halides is 1. The number of imidazole rings is 1. The molecule has 0 unspecified atom stereocenters. The van der Waals surface area contributed by atoms with Crippen LogP contribution in [0.5, 0.6) is 5.75 Å². The molecule has 0 atom stereocenters. The van der Waals surface area contributed by atoms with E-state index >= 15 is 0 Å². The first-order valence-electron chi connectivity index (χ1n) is 7.93. The number of halogens is 1. The zero-order chi connectivity index (χ0) is 14.8. The predicted molar refractivity (Wildman–Crippen MR) is 87.1 cm³/mol. The molecule has 0 saturated heterocycles. The van der Waals surface area contributed by atoms with Gasteiger partial charge in [-0.2, -0.15) is 0 Å². The fourth-order valence-electron chi connectivity index (χ4n) is 3.41. The molecular formula is C17H23ClN2O. The van der Waals surface area contributed by atoms with Crippen LogP contribution in [0.25, 0.3) is 11.0 Å². The Hall–Kier alpha value is -1.22. The Balaban J connectivity index is 2.06. The van der Waals surface area contributed by atoms with E-state index in [2.05, 4.69) is 23.6 Å². The third kappa shape index (κ3) is 2.76. The van der Waals surface area contributed by atoms with Crippen LogP contribution in [0, 0.1) is 5.92 Å². The van der Waals surface area contributed by atoms with Crippen molar-refractivity contribution in [2.45, 2.75) is 51.5 Å². The van der Waals surface area contributed by atoms with Gasteiger partial charge < -0.3 is 9.30 Å². The van der Waals surface area contributed by atoms with Crippen molar-refractivity contribution >= 4 is 22.6 Å². The van der Waals surface area contributed by atoms with Gasteiger partial charge in [-0.05, 0) is 50.7 Å². The van der Waals surface area contributed by atoms with Gasteiger partial charge >= 0.3 is 0 Å². The lowest BCUT2D eigenvalue weighted by atomic mass is 9.87. The van der Waals surface area contributed by atoms with Crippen molar-refractivity contribution in [3.63, 3.8) is 0 Å². The van der Waals surface area contributed by atoms with Gasteiger partial charge in [0.2, 0.25) is 0 Å². The Labute approximate surface area is 131 Å². The van der Waals surface area contributed by atoms with Crippen LogP contribution in [-0.4, -0.2) is 16.2 Å². The molecule has 4 heteroatoms. The molecule has 1 aromatic heterocycles. The highest BCUT2D eigenvalue weighted by Gasteiger charge is 2.24. The zero-order valence-electron chi connectivity index (χ0n) is 12.8. The van der Waals surface area contributed by atoms with Crippen molar-refractivity contribution in [1.82, 2.24) is 9.55 Å². The highest BCUT2D eigenvalue weighted by Crippen LogP contribution is 2.37.